The molecule has 2 aromatic heterocycles. The number of carbonyl (C=O) groups is 1. The summed E-state index contributed by atoms with van der Waals surface area (Å²) in [7, 11) is 0. The normalized spacial score (nSPS) is 11.2. The van der Waals surface area contributed by atoms with Crippen LogP contribution >= 0.6 is 0 Å². The fourth-order valence-electron chi connectivity index (χ4n) is 2.50. The minimum absolute atomic E-state index is 0.212. The number of hydrogen-bond acceptors (Lipinski definition) is 4. The number of rotatable bonds is 2. The fraction of sp³-hybridized carbons (Fsp3) is 0.214. The van der Waals surface area contributed by atoms with Crippen LogP contribution in [-0.4, -0.2) is 20.3 Å². The van der Waals surface area contributed by atoms with Gasteiger partial charge in [0.2, 0.25) is 11.7 Å². The van der Waals surface area contributed by atoms with Crippen molar-refractivity contribution < 1.29 is 4.79 Å². The van der Waals surface area contributed by atoms with Crippen LogP contribution in [0.2, 0.25) is 0 Å². The third-order valence-corrected chi connectivity index (χ3v) is 3.52. The monoisotopic (exact) mass is 269 g/mol. The maximum atomic E-state index is 11.5. The Morgan fingerprint density at radius 1 is 1.30 bits per heavy atom. The largest absolute Gasteiger partial charge is 0.294 e. The summed E-state index contributed by atoms with van der Waals surface area (Å²) >= 11 is 0. The number of hydrogen-bond donors (Lipinski definition) is 2. The summed E-state index contributed by atoms with van der Waals surface area (Å²) in [6.45, 7) is 3.85. The first-order valence-corrected chi connectivity index (χ1v) is 6.34. The summed E-state index contributed by atoms with van der Waals surface area (Å²) < 4.78 is 1.97. The van der Waals surface area contributed by atoms with Gasteiger partial charge in [-0.1, -0.05) is 12.1 Å². The molecule has 0 bridgehead atoms. The second kappa shape index (κ2) is 4.57. The Bertz CT molecular complexity index is 821. The van der Waals surface area contributed by atoms with E-state index in [1.165, 1.54) is 0 Å². The van der Waals surface area contributed by atoms with Crippen molar-refractivity contribution in [1.82, 2.24) is 19.8 Å². The summed E-state index contributed by atoms with van der Waals surface area (Å²) in [4.78, 5) is 20.5. The van der Waals surface area contributed by atoms with Crippen molar-refractivity contribution in [2.45, 2.75) is 20.3 Å². The summed E-state index contributed by atoms with van der Waals surface area (Å²) in [6, 6.07) is 7.85. The summed E-state index contributed by atoms with van der Waals surface area (Å²) in [5.41, 5.74) is 6.68. The van der Waals surface area contributed by atoms with Crippen LogP contribution in [0.25, 0.3) is 16.8 Å². The molecule has 102 valence electrons. The van der Waals surface area contributed by atoms with Gasteiger partial charge < -0.3 is 0 Å². The molecule has 6 nitrogen and oxygen atoms in total. The number of aryl methyl sites for hydroxylation is 2. The SMILES string of the molecule is Cc1nc2nc3ccccc3n2c(C)c1CC(=O)NN. The molecule has 0 radical (unpaired) electrons. The second-order valence-corrected chi connectivity index (χ2v) is 4.74. The van der Waals surface area contributed by atoms with E-state index in [0.717, 1.165) is 28.0 Å². The fourth-order valence-corrected chi connectivity index (χ4v) is 2.50. The van der Waals surface area contributed by atoms with Gasteiger partial charge in [-0.2, -0.15) is 0 Å². The highest BCUT2D eigenvalue weighted by Crippen LogP contribution is 2.21. The van der Waals surface area contributed by atoms with E-state index in [-0.39, 0.29) is 12.3 Å². The molecule has 0 aliphatic rings. The molecular formula is C14H15N5O. The number of nitrogens with one attached hydrogen (secondary N) is 1. The maximum absolute atomic E-state index is 11.5. The summed E-state index contributed by atoms with van der Waals surface area (Å²) in [5, 5.41) is 0. The number of carbonyl (C=O) groups excluding carboxylic acids is 1. The Labute approximate surface area is 115 Å². The number of para-hydroxylation sites is 2. The minimum atomic E-state index is -0.234. The highest BCUT2D eigenvalue weighted by molar-refractivity contribution is 5.81. The molecule has 3 rings (SSSR count). The van der Waals surface area contributed by atoms with Gasteiger partial charge in [0.25, 0.3) is 0 Å². The van der Waals surface area contributed by atoms with Gasteiger partial charge in [0.05, 0.1) is 17.5 Å². The van der Waals surface area contributed by atoms with Gasteiger partial charge in [-0.3, -0.25) is 14.6 Å². The molecule has 0 atom stereocenters. The predicted molar refractivity (Wildman–Crippen MR) is 76.0 cm³/mol. The minimum Gasteiger partial charge on any atom is -0.294 e. The van der Waals surface area contributed by atoms with Gasteiger partial charge in [-0.15, -0.1) is 0 Å². The Morgan fingerprint density at radius 3 is 2.80 bits per heavy atom. The van der Waals surface area contributed by atoms with Crippen molar-refractivity contribution in [3.05, 3.63) is 41.2 Å². The Balaban J connectivity index is 2.32. The molecule has 0 saturated heterocycles. The van der Waals surface area contributed by atoms with Crippen LogP contribution in [0.1, 0.15) is 17.0 Å². The third-order valence-electron chi connectivity index (χ3n) is 3.52. The highest BCUT2D eigenvalue weighted by atomic mass is 16.2. The second-order valence-electron chi connectivity index (χ2n) is 4.74. The summed E-state index contributed by atoms with van der Waals surface area (Å²) in [5.74, 6) is 5.58. The van der Waals surface area contributed by atoms with E-state index >= 15 is 0 Å². The van der Waals surface area contributed by atoms with Gasteiger partial charge in [0.15, 0.2) is 0 Å². The van der Waals surface area contributed by atoms with Gasteiger partial charge in [0.1, 0.15) is 0 Å². The highest BCUT2D eigenvalue weighted by Gasteiger charge is 2.15. The van der Waals surface area contributed by atoms with Crippen LogP contribution in [0, 0.1) is 13.8 Å². The molecule has 2 heterocycles. The van der Waals surface area contributed by atoms with Crippen LogP contribution in [-0.2, 0) is 11.2 Å². The van der Waals surface area contributed by atoms with E-state index in [1.807, 2.05) is 42.5 Å². The zero-order valence-electron chi connectivity index (χ0n) is 11.3. The molecule has 0 aliphatic carbocycles. The first kappa shape index (κ1) is 12.6. The first-order chi connectivity index (χ1) is 9.61. The molecule has 0 saturated carbocycles. The zero-order chi connectivity index (χ0) is 14.3. The van der Waals surface area contributed by atoms with E-state index in [4.69, 9.17) is 5.84 Å². The quantitative estimate of drug-likeness (QED) is 0.413. The van der Waals surface area contributed by atoms with Gasteiger partial charge >= 0.3 is 0 Å². The lowest BCUT2D eigenvalue weighted by Gasteiger charge is -2.11. The Kier molecular flexibility index (Phi) is 2.87. The lowest BCUT2D eigenvalue weighted by Crippen LogP contribution is -2.32. The van der Waals surface area contributed by atoms with E-state index in [2.05, 4.69) is 15.4 Å². The van der Waals surface area contributed by atoms with E-state index in [0.29, 0.717) is 5.78 Å². The number of nitrogens with two attached hydrogens (primary N) is 1. The number of amides is 1. The van der Waals surface area contributed by atoms with Crippen LogP contribution in [0.15, 0.2) is 24.3 Å². The van der Waals surface area contributed by atoms with Crippen molar-refractivity contribution in [2.24, 2.45) is 5.84 Å². The number of benzene rings is 1. The van der Waals surface area contributed by atoms with Crippen LogP contribution in [0.4, 0.5) is 0 Å². The molecule has 1 amide bonds. The first-order valence-electron chi connectivity index (χ1n) is 6.34. The van der Waals surface area contributed by atoms with Gasteiger partial charge in [-0.25, -0.2) is 15.8 Å². The average molecular weight is 269 g/mol. The zero-order valence-corrected chi connectivity index (χ0v) is 11.3. The van der Waals surface area contributed by atoms with Crippen molar-refractivity contribution in [3.63, 3.8) is 0 Å². The number of aromatic nitrogens is 3. The Hall–Kier alpha value is -2.47. The summed E-state index contributed by atoms with van der Waals surface area (Å²) in [6.07, 6.45) is 0.212. The molecule has 1 aromatic carbocycles. The Morgan fingerprint density at radius 2 is 2.05 bits per heavy atom. The van der Waals surface area contributed by atoms with E-state index < -0.39 is 0 Å². The smallest absolute Gasteiger partial charge is 0.238 e. The topological polar surface area (TPSA) is 85.3 Å². The molecule has 3 aromatic rings. The molecule has 6 heteroatoms. The van der Waals surface area contributed by atoms with Crippen molar-refractivity contribution in [3.8, 4) is 0 Å². The molecule has 0 aliphatic heterocycles. The predicted octanol–water partition coefficient (Wildman–Crippen LogP) is 1.03. The lowest BCUT2D eigenvalue weighted by molar-refractivity contribution is -0.120. The van der Waals surface area contributed by atoms with Gasteiger partial charge in [-0.05, 0) is 26.0 Å². The average Bonchev–Trinajstić information content (AvgIpc) is 2.81. The number of hydrazine groups is 1. The molecule has 3 N–H and O–H groups in total. The number of fused-ring (bicyclic) bond motifs is 3. The molecule has 0 spiro atoms. The van der Waals surface area contributed by atoms with E-state index in [9.17, 15) is 4.79 Å². The molecular weight excluding hydrogens is 254 g/mol. The number of nitrogens with zero attached hydrogens (tertiary/aromatic N) is 3. The van der Waals surface area contributed by atoms with Crippen LogP contribution in [0.3, 0.4) is 0 Å². The van der Waals surface area contributed by atoms with Crippen LogP contribution in [0.5, 0.6) is 0 Å². The van der Waals surface area contributed by atoms with Crippen LogP contribution < -0.4 is 11.3 Å². The van der Waals surface area contributed by atoms with Gasteiger partial charge in [0, 0.05) is 17.0 Å². The number of imidazole rings is 1. The molecule has 20 heavy (non-hydrogen) atoms. The van der Waals surface area contributed by atoms with E-state index in [1.54, 1.807) is 0 Å². The lowest BCUT2D eigenvalue weighted by atomic mass is 10.1. The van der Waals surface area contributed by atoms with Crippen molar-refractivity contribution in [1.29, 1.82) is 0 Å². The molecule has 0 fully saturated rings. The molecule has 0 unspecified atom stereocenters. The standard InChI is InChI=1S/C14H15N5O/c1-8-10(7-13(20)18-15)9(2)19-12-6-4-3-5-11(12)17-14(19)16-8/h3-6H,7,15H2,1-2H3,(H,18,20). The third kappa shape index (κ3) is 1.81. The van der Waals surface area contributed by atoms with Crippen molar-refractivity contribution >= 4 is 22.7 Å². The van der Waals surface area contributed by atoms with Crippen molar-refractivity contribution in [2.75, 3.05) is 0 Å². The maximum Gasteiger partial charge on any atom is 0.238 e.